The maximum absolute atomic E-state index is 12.6. The third-order valence-electron chi connectivity index (χ3n) is 4.52. The maximum Gasteiger partial charge on any atom is 0.256 e. The van der Waals surface area contributed by atoms with Crippen molar-refractivity contribution >= 4 is 39.7 Å². The number of nitrogens with one attached hydrogen (secondary N) is 1. The van der Waals surface area contributed by atoms with Gasteiger partial charge in [0.2, 0.25) is 0 Å². The van der Waals surface area contributed by atoms with E-state index >= 15 is 0 Å². The van der Waals surface area contributed by atoms with Crippen LogP contribution in [0.15, 0.2) is 22.1 Å². The summed E-state index contributed by atoms with van der Waals surface area (Å²) in [6.07, 6.45) is 0. The van der Waals surface area contributed by atoms with Gasteiger partial charge in [0.15, 0.2) is 11.0 Å². The molecule has 3 heterocycles. The zero-order valence-electron chi connectivity index (χ0n) is 14.0. The first-order valence-electron chi connectivity index (χ1n) is 8.09. The predicted octanol–water partition coefficient (Wildman–Crippen LogP) is 2.99. The van der Waals surface area contributed by atoms with E-state index < -0.39 is 0 Å². The summed E-state index contributed by atoms with van der Waals surface area (Å²) >= 11 is 1.57. The summed E-state index contributed by atoms with van der Waals surface area (Å²) in [5.74, 6) is -0.148. The van der Waals surface area contributed by atoms with Gasteiger partial charge in [0.1, 0.15) is 0 Å². The molecule has 0 atom stereocenters. The fourth-order valence-electron chi connectivity index (χ4n) is 2.94. The average molecular weight is 358 g/mol. The topological polar surface area (TPSA) is 80.5 Å². The number of nitrogens with zero attached hydrogens (tertiary/aromatic N) is 3. The highest BCUT2D eigenvalue weighted by molar-refractivity contribution is 7.10. The quantitative estimate of drug-likeness (QED) is 0.775. The number of benzene rings is 1. The molecule has 1 fully saturated rings. The summed E-state index contributed by atoms with van der Waals surface area (Å²) in [4.78, 5) is 15.9. The van der Waals surface area contributed by atoms with Crippen molar-refractivity contribution in [3.8, 4) is 0 Å². The normalized spacial score (nSPS) is 14.9. The molecule has 1 aromatic carbocycles. The molecule has 2 aromatic heterocycles. The molecular formula is C17H18N4O3S. The highest BCUT2D eigenvalue weighted by atomic mass is 32.1. The average Bonchev–Trinajstić information content (AvgIpc) is 3.24. The third kappa shape index (κ3) is 2.87. The van der Waals surface area contributed by atoms with Gasteiger partial charge in [0, 0.05) is 23.3 Å². The molecule has 0 bridgehead atoms. The van der Waals surface area contributed by atoms with Crippen molar-refractivity contribution in [1.29, 1.82) is 0 Å². The first-order chi connectivity index (χ1) is 12.1. The van der Waals surface area contributed by atoms with Crippen molar-refractivity contribution in [2.75, 3.05) is 36.5 Å². The molecule has 130 valence electrons. The van der Waals surface area contributed by atoms with Gasteiger partial charge in [-0.15, -0.1) is 11.3 Å². The monoisotopic (exact) mass is 358 g/mol. The lowest BCUT2D eigenvalue weighted by Crippen LogP contribution is -2.36. The van der Waals surface area contributed by atoms with Crippen molar-refractivity contribution < 1.29 is 14.2 Å². The molecule has 3 aromatic rings. The molecule has 0 saturated carbocycles. The van der Waals surface area contributed by atoms with Gasteiger partial charge in [0.05, 0.1) is 30.2 Å². The van der Waals surface area contributed by atoms with Crippen molar-refractivity contribution in [3.63, 3.8) is 0 Å². The molecule has 25 heavy (non-hydrogen) atoms. The van der Waals surface area contributed by atoms with E-state index in [4.69, 9.17) is 9.37 Å². The Kier molecular flexibility index (Phi) is 4.14. The Morgan fingerprint density at radius 1 is 1.20 bits per heavy atom. The Morgan fingerprint density at radius 3 is 2.68 bits per heavy atom. The second-order valence-corrected chi connectivity index (χ2v) is 7.06. The summed E-state index contributed by atoms with van der Waals surface area (Å²) in [6.45, 7) is 6.91. The molecule has 8 heteroatoms. The third-order valence-corrected chi connectivity index (χ3v) is 5.54. The Labute approximate surface area is 148 Å². The number of amides is 1. The minimum absolute atomic E-state index is 0.148. The van der Waals surface area contributed by atoms with Gasteiger partial charge >= 0.3 is 0 Å². The van der Waals surface area contributed by atoms with Gasteiger partial charge in [-0.25, -0.2) is 4.63 Å². The van der Waals surface area contributed by atoms with E-state index in [0.717, 1.165) is 29.2 Å². The number of aryl methyl sites for hydroxylation is 1. The number of rotatable bonds is 3. The summed E-state index contributed by atoms with van der Waals surface area (Å²) in [7, 11) is 0. The molecule has 1 aliphatic heterocycles. The van der Waals surface area contributed by atoms with E-state index in [9.17, 15) is 4.79 Å². The number of carbonyl (C=O) groups is 1. The van der Waals surface area contributed by atoms with Crippen molar-refractivity contribution in [2.45, 2.75) is 13.8 Å². The zero-order valence-corrected chi connectivity index (χ0v) is 14.9. The lowest BCUT2D eigenvalue weighted by Gasteiger charge is -2.28. The number of carbonyl (C=O) groups excluding carboxylic acids is 1. The van der Waals surface area contributed by atoms with Crippen LogP contribution in [0.2, 0.25) is 0 Å². The maximum atomic E-state index is 12.6. The number of anilines is 2. The number of ether oxygens (including phenoxy) is 1. The number of fused-ring (bicyclic) bond motifs is 1. The number of morpholine rings is 1. The number of aromatic nitrogens is 2. The van der Waals surface area contributed by atoms with Gasteiger partial charge in [-0.3, -0.25) is 4.79 Å². The van der Waals surface area contributed by atoms with E-state index in [1.165, 1.54) is 0 Å². The molecule has 0 spiro atoms. The highest BCUT2D eigenvalue weighted by Gasteiger charge is 2.20. The second-order valence-electron chi connectivity index (χ2n) is 5.98. The first-order valence-corrected chi connectivity index (χ1v) is 8.97. The van der Waals surface area contributed by atoms with Crippen LogP contribution in [-0.2, 0) is 4.74 Å². The molecule has 0 aliphatic carbocycles. The summed E-state index contributed by atoms with van der Waals surface area (Å²) < 4.78 is 10.3. The Bertz CT molecular complexity index is 927. The van der Waals surface area contributed by atoms with Crippen LogP contribution in [0, 0.1) is 13.8 Å². The van der Waals surface area contributed by atoms with Crippen molar-refractivity contribution in [1.82, 2.24) is 10.3 Å². The van der Waals surface area contributed by atoms with Crippen LogP contribution in [0.4, 0.5) is 11.4 Å². The molecule has 0 radical (unpaired) electrons. The summed E-state index contributed by atoms with van der Waals surface area (Å²) in [6, 6.07) is 3.79. The van der Waals surface area contributed by atoms with Gasteiger partial charge in [-0.2, -0.15) is 0 Å². The standard InChI is InChI=1S/C17H18N4O3S/c1-10-11(2)25-9-12(10)17(22)18-13-3-4-14(16-15(13)19-24-20-16)21-5-7-23-8-6-21/h3-4,9H,5-8H2,1-2H3,(H,18,22). The van der Waals surface area contributed by atoms with Crippen LogP contribution in [0.5, 0.6) is 0 Å². The zero-order chi connectivity index (χ0) is 17.4. The summed E-state index contributed by atoms with van der Waals surface area (Å²) in [5, 5.41) is 12.8. The number of hydrogen-bond donors (Lipinski definition) is 1. The van der Waals surface area contributed by atoms with E-state index in [1.54, 1.807) is 11.3 Å². The second kappa shape index (κ2) is 6.45. The molecular weight excluding hydrogens is 340 g/mol. The van der Waals surface area contributed by atoms with Crippen LogP contribution in [0.3, 0.4) is 0 Å². The lowest BCUT2D eigenvalue weighted by atomic mass is 10.1. The van der Waals surface area contributed by atoms with Gasteiger partial charge in [-0.1, -0.05) is 0 Å². The van der Waals surface area contributed by atoms with E-state index in [-0.39, 0.29) is 5.91 Å². The smallest absolute Gasteiger partial charge is 0.256 e. The van der Waals surface area contributed by atoms with Crippen molar-refractivity contribution in [3.05, 3.63) is 33.5 Å². The molecule has 7 nitrogen and oxygen atoms in total. The van der Waals surface area contributed by atoms with Gasteiger partial charge < -0.3 is 15.0 Å². The predicted molar refractivity (Wildman–Crippen MR) is 96.6 cm³/mol. The van der Waals surface area contributed by atoms with Crippen LogP contribution < -0.4 is 10.2 Å². The molecule has 0 unspecified atom stereocenters. The fraction of sp³-hybridized carbons (Fsp3) is 0.353. The molecule has 1 aliphatic rings. The van der Waals surface area contributed by atoms with Crippen LogP contribution in [0.1, 0.15) is 20.8 Å². The van der Waals surface area contributed by atoms with Gasteiger partial charge in [-0.05, 0) is 41.9 Å². The number of hydrogen-bond acceptors (Lipinski definition) is 7. The largest absolute Gasteiger partial charge is 0.378 e. The van der Waals surface area contributed by atoms with E-state index in [2.05, 4.69) is 20.5 Å². The highest BCUT2D eigenvalue weighted by Crippen LogP contribution is 2.31. The molecule has 1 saturated heterocycles. The first kappa shape index (κ1) is 16.0. The molecule has 4 rings (SSSR count). The lowest BCUT2D eigenvalue weighted by molar-refractivity contribution is 0.102. The molecule has 1 amide bonds. The minimum atomic E-state index is -0.148. The van der Waals surface area contributed by atoms with E-state index in [1.807, 2.05) is 31.4 Å². The SMILES string of the molecule is Cc1scc(C(=O)Nc2ccc(N3CCOCC3)c3nonc23)c1C. The van der Waals surface area contributed by atoms with Gasteiger partial charge in [0.25, 0.3) is 5.91 Å². The van der Waals surface area contributed by atoms with Crippen LogP contribution in [0.25, 0.3) is 11.0 Å². The van der Waals surface area contributed by atoms with Crippen LogP contribution >= 0.6 is 11.3 Å². The van der Waals surface area contributed by atoms with Crippen LogP contribution in [-0.4, -0.2) is 42.5 Å². The molecule has 1 N–H and O–H groups in total. The van der Waals surface area contributed by atoms with E-state index in [0.29, 0.717) is 35.5 Å². The minimum Gasteiger partial charge on any atom is -0.378 e. The van der Waals surface area contributed by atoms with Crippen molar-refractivity contribution in [2.24, 2.45) is 0 Å². The Balaban J connectivity index is 1.66. The summed E-state index contributed by atoms with van der Waals surface area (Å²) in [5.41, 5.74) is 4.44. The fourth-order valence-corrected chi connectivity index (χ4v) is 3.81. The Morgan fingerprint density at radius 2 is 1.96 bits per heavy atom. The number of thiophene rings is 1. The Hall–Kier alpha value is -2.45.